The first-order chi connectivity index (χ1) is 15.7. The minimum Gasteiger partial charge on any atom is -0.454 e. The van der Waals surface area contributed by atoms with Crippen LogP contribution in [0.2, 0.25) is 0 Å². The Labute approximate surface area is 186 Å². The van der Waals surface area contributed by atoms with Crippen LogP contribution in [0.1, 0.15) is 37.2 Å². The van der Waals surface area contributed by atoms with E-state index in [2.05, 4.69) is 32.2 Å². The summed E-state index contributed by atoms with van der Waals surface area (Å²) in [5, 5.41) is 12.7. The summed E-state index contributed by atoms with van der Waals surface area (Å²) in [7, 11) is 0. The molecule has 2 aromatic carbocycles. The first-order valence-electron chi connectivity index (χ1n) is 11.1. The number of tetrazole rings is 1. The van der Waals surface area contributed by atoms with Crippen LogP contribution in [0.15, 0.2) is 42.5 Å². The van der Waals surface area contributed by atoms with Gasteiger partial charge in [0.05, 0.1) is 12.6 Å². The van der Waals surface area contributed by atoms with Crippen molar-refractivity contribution in [2.24, 2.45) is 0 Å². The van der Waals surface area contributed by atoms with E-state index in [-0.39, 0.29) is 18.7 Å². The summed E-state index contributed by atoms with van der Waals surface area (Å²) in [6.07, 6.45) is 2.03. The number of anilines is 1. The average Bonchev–Trinajstić information content (AvgIpc) is 3.47. The summed E-state index contributed by atoms with van der Waals surface area (Å²) < 4.78 is 26.1. The second-order valence-corrected chi connectivity index (χ2v) is 8.19. The van der Waals surface area contributed by atoms with Crippen LogP contribution >= 0.6 is 0 Å². The van der Waals surface area contributed by atoms with Crippen LogP contribution in [0, 0.1) is 5.82 Å². The number of piperazine rings is 1. The van der Waals surface area contributed by atoms with Crippen molar-refractivity contribution < 1.29 is 13.9 Å². The van der Waals surface area contributed by atoms with Gasteiger partial charge in [-0.1, -0.05) is 19.4 Å². The zero-order chi connectivity index (χ0) is 21.9. The molecule has 32 heavy (non-hydrogen) atoms. The zero-order valence-electron chi connectivity index (χ0n) is 18.2. The number of hydrogen-bond acceptors (Lipinski definition) is 7. The van der Waals surface area contributed by atoms with Crippen molar-refractivity contribution in [1.29, 1.82) is 0 Å². The Kier molecular flexibility index (Phi) is 5.89. The van der Waals surface area contributed by atoms with Gasteiger partial charge < -0.3 is 14.4 Å². The van der Waals surface area contributed by atoms with E-state index >= 15 is 0 Å². The smallest absolute Gasteiger partial charge is 0.231 e. The van der Waals surface area contributed by atoms with Crippen molar-refractivity contribution in [3.63, 3.8) is 0 Å². The lowest BCUT2D eigenvalue weighted by atomic mass is 10.1. The highest BCUT2D eigenvalue weighted by atomic mass is 19.1. The molecule has 0 saturated carbocycles. The van der Waals surface area contributed by atoms with Crippen LogP contribution in [-0.4, -0.2) is 58.1 Å². The first-order valence-corrected chi connectivity index (χ1v) is 11.1. The van der Waals surface area contributed by atoms with Gasteiger partial charge in [-0.15, -0.1) is 5.10 Å². The van der Waals surface area contributed by atoms with Crippen molar-refractivity contribution in [2.45, 2.75) is 32.4 Å². The Balaban J connectivity index is 1.29. The minimum atomic E-state index is -0.204. The molecule has 1 atom stereocenters. The van der Waals surface area contributed by atoms with Crippen LogP contribution in [-0.2, 0) is 6.54 Å². The standard InChI is InChI=1S/C23H27FN6O2/c1-2-3-20(29-12-10-28(11-13-29)19-7-5-18(24)6-8-19)23-25-26-27-30(23)15-17-4-9-21-22(14-17)32-16-31-21/h4-9,14,20H,2-3,10-13,15-16H2,1H3. The quantitative estimate of drug-likeness (QED) is 0.561. The van der Waals surface area contributed by atoms with Crippen LogP contribution in [0.3, 0.4) is 0 Å². The molecular formula is C23H27FN6O2. The molecule has 0 bridgehead atoms. The van der Waals surface area contributed by atoms with E-state index in [1.54, 1.807) is 0 Å². The molecule has 1 aromatic heterocycles. The van der Waals surface area contributed by atoms with Crippen molar-refractivity contribution in [1.82, 2.24) is 25.1 Å². The van der Waals surface area contributed by atoms with E-state index in [1.165, 1.54) is 12.1 Å². The molecule has 0 amide bonds. The molecule has 2 aliphatic rings. The van der Waals surface area contributed by atoms with E-state index in [1.807, 2.05) is 35.0 Å². The van der Waals surface area contributed by atoms with Gasteiger partial charge >= 0.3 is 0 Å². The molecule has 1 unspecified atom stereocenters. The van der Waals surface area contributed by atoms with Crippen LogP contribution in [0.4, 0.5) is 10.1 Å². The summed E-state index contributed by atoms with van der Waals surface area (Å²) in [6.45, 7) is 6.60. The maximum absolute atomic E-state index is 13.3. The highest BCUT2D eigenvalue weighted by Crippen LogP contribution is 2.33. The number of benzene rings is 2. The summed E-state index contributed by atoms with van der Waals surface area (Å²) in [6, 6.07) is 12.8. The molecule has 3 heterocycles. The lowest BCUT2D eigenvalue weighted by molar-refractivity contribution is 0.164. The molecule has 0 aliphatic carbocycles. The lowest BCUT2D eigenvalue weighted by Crippen LogP contribution is -2.48. The van der Waals surface area contributed by atoms with Crippen molar-refractivity contribution >= 4 is 5.69 Å². The van der Waals surface area contributed by atoms with Crippen molar-refractivity contribution in [3.05, 3.63) is 59.7 Å². The predicted octanol–water partition coefficient (Wildman–Crippen LogP) is 3.25. The van der Waals surface area contributed by atoms with Crippen molar-refractivity contribution in [3.8, 4) is 11.5 Å². The molecule has 5 rings (SSSR count). The predicted molar refractivity (Wildman–Crippen MR) is 117 cm³/mol. The Morgan fingerprint density at radius 3 is 2.56 bits per heavy atom. The van der Waals surface area contributed by atoms with E-state index in [4.69, 9.17) is 9.47 Å². The average molecular weight is 439 g/mol. The zero-order valence-corrected chi connectivity index (χ0v) is 18.2. The van der Waals surface area contributed by atoms with Gasteiger partial charge in [0, 0.05) is 31.9 Å². The number of fused-ring (bicyclic) bond motifs is 1. The largest absolute Gasteiger partial charge is 0.454 e. The molecule has 0 radical (unpaired) electrons. The fourth-order valence-corrected chi connectivity index (χ4v) is 4.47. The fraction of sp³-hybridized carbons (Fsp3) is 0.435. The van der Waals surface area contributed by atoms with E-state index in [9.17, 15) is 4.39 Å². The topological polar surface area (TPSA) is 68.5 Å². The molecule has 9 heteroatoms. The maximum Gasteiger partial charge on any atom is 0.231 e. The van der Waals surface area contributed by atoms with Gasteiger partial charge in [-0.2, -0.15) is 0 Å². The third kappa shape index (κ3) is 4.25. The second kappa shape index (κ2) is 9.12. The monoisotopic (exact) mass is 438 g/mol. The van der Waals surface area contributed by atoms with Crippen LogP contribution < -0.4 is 14.4 Å². The highest BCUT2D eigenvalue weighted by molar-refractivity contribution is 5.47. The molecular weight excluding hydrogens is 411 g/mol. The van der Waals surface area contributed by atoms with Gasteiger partial charge in [-0.25, -0.2) is 9.07 Å². The number of hydrogen-bond donors (Lipinski definition) is 0. The molecule has 1 fully saturated rings. The number of nitrogens with zero attached hydrogens (tertiary/aromatic N) is 6. The molecule has 168 valence electrons. The summed E-state index contributed by atoms with van der Waals surface area (Å²) in [4.78, 5) is 4.76. The van der Waals surface area contributed by atoms with Crippen LogP contribution in [0.5, 0.6) is 11.5 Å². The normalized spacial score (nSPS) is 17.0. The van der Waals surface area contributed by atoms with Gasteiger partial charge in [0.2, 0.25) is 6.79 Å². The molecule has 3 aromatic rings. The van der Waals surface area contributed by atoms with E-state index in [0.717, 1.165) is 67.6 Å². The van der Waals surface area contributed by atoms with Crippen molar-refractivity contribution in [2.75, 3.05) is 37.9 Å². The molecule has 0 spiro atoms. The highest BCUT2D eigenvalue weighted by Gasteiger charge is 2.29. The summed E-state index contributed by atoms with van der Waals surface area (Å²) in [5.74, 6) is 2.22. The number of aromatic nitrogens is 4. The first kappa shape index (κ1) is 20.7. The number of halogens is 1. The van der Waals surface area contributed by atoms with E-state index < -0.39 is 0 Å². The number of rotatable bonds is 7. The second-order valence-electron chi connectivity index (χ2n) is 8.19. The molecule has 2 aliphatic heterocycles. The van der Waals surface area contributed by atoms with Gasteiger partial charge in [-0.05, 0) is 58.8 Å². The minimum absolute atomic E-state index is 0.152. The third-order valence-electron chi connectivity index (χ3n) is 6.14. The molecule has 8 nitrogen and oxygen atoms in total. The Bertz CT molecular complexity index is 1050. The fourth-order valence-electron chi connectivity index (χ4n) is 4.47. The Morgan fingerprint density at radius 2 is 1.78 bits per heavy atom. The summed E-state index contributed by atoms with van der Waals surface area (Å²) in [5.41, 5.74) is 2.13. The Morgan fingerprint density at radius 1 is 1.00 bits per heavy atom. The van der Waals surface area contributed by atoms with Gasteiger partial charge in [0.25, 0.3) is 0 Å². The van der Waals surface area contributed by atoms with Gasteiger partial charge in [0.15, 0.2) is 17.3 Å². The Hall–Kier alpha value is -3.20. The van der Waals surface area contributed by atoms with Gasteiger partial charge in [0.1, 0.15) is 5.82 Å². The SMILES string of the molecule is CCCC(c1nnnn1Cc1ccc2c(c1)OCO2)N1CCN(c2ccc(F)cc2)CC1. The molecule has 0 N–H and O–H groups in total. The maximum atomic E-state index is 13.3. The lowest BCUT2D eigenvalue weighted by Gasteiger charge is -2.39. The summed E-state index contributed by atoms with van der Waals surface area (Å²) >= 11 is 0. The van der Waals surface area contributed by atoms with Gasteiger partial charge in [-0.3, -0.25) is 4.90 Å². The molecule has 1 saturated heterocycles. The third-order valence-corrected chi connectivity index (χ3v) is 6.14. The van der Waals surface area contributed by atoms with Crippen LogP contribution in [0.25, 0.3) is 0 Å². The number of ether oxygens (including phenoxy) is 2. The van der Waals surface area contributed by atoms with E-state index in [0.29, 0.717) is 6.54 Å².